The zero-order valence-electron chi connectivity index (χ0n) is 21.6. The maximum Gasteiger partial charge on any atom is 0.338 e. The van der Waals surface area contributed by atoms with Gasteiger partial charge in [0.2, 0.25) is 0 Å². The summed E-state index contributed by atoms with van der Waals surface area (Å²) < 4.78 is 18.1. The molecule has 39 heavy (non-hydrogen) atoms. The van der Waals surface area contributed by atoms with E-state index in [9.17, 15) is 14.7 Å². The molecule has 0 fully saturated rings. The highest BCUT2D eigenvalue weighted by Gasteiger charge is 2.35. The van der Waals surface area contributed by atoms with Gasteiger partial charge in [0.25, 0.3) is 5.56 Å². The Morgan fingerprint density at radius 3 is 2.56 bits per heavy atom. The van der Waals surface area contributed by atoms with Crippen molar-refractivity contribution >= 4 is 29.1 Å². The van der Waals surface area contributed by atoms with Gasteiger partial charge in [-0.2, -0.15) is 0 Å². The van der Waals surface area contributed by atoms with Crippen molar-refractivity contribution < 1.29 is 24.1 Å². The van der Waals surface area contributed by atoms with E-state index in [4.69, 9.17) is 19.2 Å². The minimum absolute atomic E-state index is 0.000663. The van der Waals surface area contributed by atoms with Gasteiger partial charge in [0, 0.05) is 5.56 Å². The molecule has 0 saturated heterocycles. The van der Waals surface area contributed by atoms with Crippen LogP contribution < -0.4 is 24.4 Å². The number of fused-ring (bicyclic) bond motifs is 1. The summed E-state index contributed by atoms with van der Waals surface area (Å²) in [5.41, 5.74) is 2.48. The molecule has 0 bridgehead atoms. The van der Waals surface area contributed by atoms with E-state index in [1.807, 2.05) is 42.5 Å². The van der Waals surface area contributed by atoms with Crippen LogP contribution in [-0.4, -0.2) is 36.5 Å². The molecule has 1 N–H and O–H groups in total. The first-order chi connectivity index (χ1) is 18.9. The molecule has 9 heteroatoms. The van der Waals surface area contributed by atoms with Crippen LogP contribution in [-0.2, 0) is 9.53 Å². The molecule has 0 spiro atoms. The molecule has 5 rings (SSSR count). The number of esters is 1. The molecule has 3 aromatic carbocycles. The minimum atomic E-state index is -0.804. The fourth-order valence-electron chi connectivity index (χ4n) is 4.50. The van der Waals surface area contributed by atoms with Gasteiger partial charge in [0.05, 0.1) is 42.7 Å². The van der Waals surface area contributed by atoms with E-state index in [0.717, 1.165) is 5.56 Å². The summed E-state index contributed by atoms with van der Waals surface area (Å²) in [7, 11) is 3.02. The Balaban J connectivity index is 1.82. The highest BCUT2D eigenvalue weighted by molar-refractivity contribution is 7.07. The van der Waals surface area contributed by atoms with Crippen molar-refractivity contribution in [3.05, 3.63) is 115 Å². The van der Waals surface area contributed by atoms with Gasteiger partial charge in [0.15, 0.2) is 16.3 Å². The zero-order valence-corrected chi connectivity index (χ0v) is 22.4. The van der Waals surface area contributed by atoms with Crippen molar-refractivity contribution in [2.75, 3.05) is 20.8 Å². The summed E-state index contributed by atoms with van der Waals surface area (Å²) in [5.74, 6) is 0.334. The number of carbonyl (C=O) groups excluding carboxylic acids is 1. The van der Waals surface area contributed by atoms with Crippen molar-refractivity contribution in [1.82, 2.24) is 4.57 Å². The van der Waals surface area contributed by atoms with Gasteiger partial charge in [0.1, 0.15) is 5.75 Å². The molecule has 0 radical (unpaired) electrons. The number of nitrogens with zero attached hydrogens (tertiary/aromatic N) is 2. The standard InChI is InChI=1S/C30H26N2O6S/c1-4-38-29(35)25-26(19-9-6-5-7-10-19)31-30-32(27(25)20-11-8-12-21(17-20)36-2)28(34)24(39-30)16-18-13-14-22(33)23(15-18)37-3/h5-17,27,33H,4H2,1-3H3/b24-16+. The molecular weight excluding hydrogens is 516 g/mol. The summed E-state index contributed by atoms with van der Waals surface area (Å²) in [6.07, 6.45) is 1.71. The first-order valence-electron chi connectivity index (χ1n) is 12.2. The Morgan fingerprint density at radius 2 is 1.85 bits per heavy atom. The Labute approximate surface area is 228 Å². The average molecular weight is 543 g/mol. The molecule has 198 valence electrons. The summed E-state index contributed by atoms with van der Waals surface area (Å²) in [5, 5.41) is 9.98. The second kappa shape index (κ2) is 11.0. The third kappa shape index (κ3) is 4.96. The van der Waals surface area contributed by atoms with Crippen LogP contribution in [0.25, 0.3) is 11.8 Å². The van der Waals surface area contributed by atoms with Crippen LogP contribution in [0.15, 0.2) is 88.2 Å². The van der Waals surface area contributed by atoms with Crippen molar-refractivity contribution in [2.45, 2.75) is 13.0 Å². The highest BCUT2D eigenvalue weighted by atomic mass is 32.1. The second-order valence-electron chi connectivity index (χ2n) is 8.64. The molecule has 1 aromatic heterocycles. The normalized spacial score (nSPS) is 14.9. The molecule has 0 saturated carbocycles. The number of hydrogen-bond acceptors (Lipinski definition) is 8. The van der Waals surface area contributed by atoms with Crippen molar-refractivity contribution in [2.24, 2.45) is 4.99 Å². The molecule has 4 aromatic rings. The maximum atomic E-state index is 13.9. The molecule has 1 aliphatic rings. The Morgan fingerprint density at radius 1 is 1.05 bits per heavy atom. The number of ether oxygens (including phenoxy) is 3. The van der Waals surface area contributed by atoms with Crippen LogP contribution in [0.1, 0.15) is 29.7 Å². The molecule has 0 amide bonds. The largest absolute Gasteiger partial charge is 0.504 e. The van der Waals surface area contributed by atoms with Gasteiger partial charge in [-0.3, -0.25) is 9.36 Å². The fraction of sp³-hybridized carbons (Fsp3) is 0.167. The molecule has 8 nitrogen and oxygen atoms in total. The Kier molecular flexibility index (Phi) is 7.33. The lowest BCUT2D eigenvalue weighted by Gasteiger charge is -2.26. The van der Waals surface area contributed by atoms with E-state index in [2.05, 4.69) is 0 Å². The van der Waals surface area contributed by atoms with Crippen LogP contribution in [0.2, 0.25) is 0 Å². The van der Waals surface area contributed by atoms with Crippen LogP contribution in [0.5, 0.6) is 17.2 Å². The quantitative estimate of drug-likeness (QED) is 0.358. The number of thiazole rings is 1. The number of aromatic hydroxyl groups is 1. The van der Waals surface area contributed by atoms with E-state index in [1.165, 1.54) is 29.1 Å². The number of carbonyl (C=O) groups is 1. The van der Waals surface area contributed by atoms with E-state index in [-0.39, 0.29) is 23.5 Å². The lowest BCUT2D eigenvalue weighted by Crippen LogP contribution is -2.40. The van der Waals surface area contributed by atoms with Crippen molar-refractivity contribution in [1.29, 1.82) is 0 Å². The SMILES string of the molecule is CCOC(=O)C1=C(c2ccccc2)N=c2s/c(=C/c3ccc(O)c(OC)c3)c(=O)n2C1c1cccc(OC)c1. The number of methoxy groups -OCH3 is 2. The fourth-order valence-corrected chi connectivity index (χ4v) is 5.50. The monoisotopic (exact) mass is 542 g/mol. The highest BCUT2D eigenvalue weighted by Crippen LogP contribution is 2.36. The molecule has 1 aliphatic heterocycles. The summed E-state index contributed by atoms with van der Waals surface area (Å²) in [6.45, 7) is 1.91. The number of phenols is 1. The van der Waals surface area contributed by atoms with E-state index < -0.39 is 12.0 Å². The smallest absolute Gasteiger partial charge is 0.338 e. The summed E-state index contributed by atoms with van der Waals surface area (Å²) >= 11 is 1.22. The molecule has 2 heterocycles. The van der Waals surface area contributed by atoms with Gasteiger partial charge in [-0.25, -0.2) is 9.79 Å². The lowest BCUT2D eigenvalue weighted by atomic mass is 9.93. The minimum Gasteiger partial charge on any atom is -0.504 e. The van der Waals surface area contributed by atoms with Gasteiger partial charge in [-0.15, -0.1) is 0 Å². The maximum absolute atomic E-state index is 13.9. The van der Waals surface area contributed by atoms with Crippen LogP contribution in [0.4, 0.5) is 0 Å². The third-order valence-electron chi connectivity index (χ3n) is 6.28. The Hall–Kier alpha value is -4.63. The molecule has 1 unspecified atom stereocenters. The first kappa shape index (κ1) is 26.0. The predicted octanol–water partition coefficient (Wildman–Crippen LogP) is 3.66. The van der Waals surface area contributed by atoms with Gasteiger partial charge >= 0.3 is 5.97 Å². The van der Waals surface area contributed by atoms with Gasteiger partial charge in [-0.1, -0.05) is 59.9 Å². The third-order valence-corrected chi connectivity index (χ3v) is 7.27. The zero-order chi connectivity index (χ0) is 27.5. The van der Waals surface area contributed by atoms with Crippen LogP contribution in [0, 0.1) is 0 Å². The van der Waals surface area contributed by atoms with Crippen LogP contribution in [0.3, 0.4) is 0 Å². The lowest BCUT2D eigenvalue weighted by molar-refractivity contribution is -0.138. The van der Waals surface area contributed by atoms with E-state index >= 15 is 0 Å². The van der Waals surface area contributed by atoms with E-state index in [1.54, 1.807) is 44.4 Å². The van der Waals surface area contributed by atoms with Gasteiger partial charge < -0.3 is 19.3 Å². The average Bonchev–Trinajstić information content (AvgIpc) is 3.27. The van der Waals surface area contributed by atoms with Crippen molar-refractivity contribution in [3.8, 4) is 17.2 Å². The predicted molar refractivity (Wildman–Crippen MR) is 149 cm³/mol. The molecule has 1 atom stereocenters. The second-order valence-corrected chi connectivity index (χ2v) is 9.65. The van der Waals surface area contributed by atoms with Crippen LogP contribution >= 0.6 is 11.3 Å². The number of benzene rings is 3. The molecule has 0 aliphatic carbocycles. The Bertz CT molecular complexity index is 1750. The van der Waals surface area contributed by atoms with Gasteiger partial charge in [-0.05, 0) is 48.4 Å². The number of hydrogen-bond donors (Lipinski definition) is 1. The number of rotatable bonds is 7. The number of phenolic OH excluding ortho intramolecular Hbond substituents is 1. The van der Waals surface area contributed by atoms with E-state index in [0.29, 0.717) is 37.7 Å². The molecular formula is C30H26N2O6S. The topological polar surface area (TPSA) is 99.4 Å². The first-order valence-corrected chi connectivity index (χ1v) is 13.1. The summed E-state index contributed by atoms with van der Waals surface area (Å²) in [4.78, 5) is 32.7. The number of aromatic nitrogens is 1. The van der Waals surface area contributed by atoms with Crippen molar-refractivity contribution in [3.63, 3.8) is 0 Å². The summed E-state index contributed by atoms with van der Waals surface area (Å²) in [6, 6.07) is 20.7.